The topological polar surface area (TPSA) is 44.1 Å². The number of carbonyl (C=O) groups is 1. The Kier molecular flexibility index (Phi) is 4.15. The molecule has 1 aromatic heterocycles. The highest BCUT2D eigenvalue weighted by Gasteiger charge is 2.52. The van der Waals surface area contributed by atoms with Crippen molar-refractivity contribution in [2.75, 3.05) is 0 Å². The third kappa shape index (κ3) is 2.84. The Labute approximate surface area is 153 Å². The zero-order chi connectivity index (χ0) is 18.3. The first-order valence-corrected chi connectivity index (χ1v) is 8.56. The molecule has 0 bridgehead atoms. The first kappa shape index (κ1) is 17.0. The fourth-order valence-corrected chi connectivity index (χ4v) is 3.31. The number of aromatic nitrogens is 2. The Morgan fingerprint density at radius 1 is 1.19 bits per heavy atom. The fourth-order valence-electron chi connectivity index (χ4n) is 3.19. The second kappa shape index (κ2) is 6.36. The summed E-state index contributed by atoms with van der Waals surface area (Å²) in [5.74, 6) is -0.394. The third-order valence-electron chi connectivity index (χ3n) is 4.73. The number of imidazole rings is 1. The van der Waals surface area contributed by atoms with Gasteiger partial charge < -0.3 is 4.74 Å². The van der Waals surface area contributed by atoms with Crippen LogP contribution in [0, 0.1) is 0 Å². The van der Waals surface area contributed by atoms with Crippen molar-refractivity contribution in [2.24, 2.45) is 0 Å². The van der Waals surface area contributed by atoms with Crippen molar-refractivity contribution in [3.8, 4) is 0 Å². The maximum atomic E-state index is 13.4. The van der Waals surface area contributed by atoms with Gasteiger partial charge in [0, 0.05) is 5.02 Å². The minimum absolute atomic E-state index is 0.0291. The zero-order valence-electron chi connectivity index (χ0n) is 13.7. The number of nitrogens with zero attached hydrogens (tertiary/aromatic N) is 2. The Morgan fingerprint density at radius 2 is 1.88 bits per heavy atom. The van der Waals surface area contributed by atoms with Crippen LogP contribution in [0.3, 0.4) is 0 Å². The quantitative estimate of drug-likeness (QED) is 0.597. The van der Waals surface area contributed by atoms with E-state index in [1.165, 1.54) is 0 Å². The summed E-state index contributed by atoms with van der Waals surface area (Å²) in [6.45, 7) is -3.06. The maximum absolute atomic E-state index is 13.4. The van der Waals surface area contributed by atoms with Crippen molar-refractivity contribution in [3.63, 3.8) is 0 Å². The summed E-state index contributed by atoms with van der Waals surface area (Å²) in [5.41, 5.74) is 0.881. The number of esters is 1. The van der Waals surface area contributed by atoms with Crippen LogP contribution in [0.2, 0.25) is 5.02 Å². The molecular weight excluding hydrogens is 362 g/mol. The number of alkyl halides is 2. The molecule has 134 valence electrons. The molecule has 1 fully saturated rings. The largest absolute Gasteiger partial charge is 0.457 e. The zero-order valence-corrected chi connectivity index (χ0v) is 14.4. The molecule has 1 heterocycles. The van der Waals surface area contributed by atoms with Gasteiger partial charge in [0.15, 0.2) is 5.82 Å². The number of fused-ring (bicyclic) bond motifs is 1. The molecule has 0 N–H and O–H groups in total. The summed E-state index contributed by atoms with van der Waals surface area (Å²) >= 11 is 5.89. The predicted octanol–water partition coefficient (Wildman–Crippen LogP) is 4.86. The van der Waals surface area contributed by atoms with Crippen LogP contribution >= 0.6 is 11.6 Å². The van der Waals surface area contributed by atoms with E-state index >= 15 is 0 Å². The van der Waals surface area contributed by atoms with Gasteiger partial charge in [-0.15, -0.1) is 0 Å². The predicted molar refractivity (Wildman–Crippen MR) is 93.1 cm³/mol. The van der Waals surface area contributed by atoms with Crippen LogP contribution in [-0.4, -0.2) is 15.5 Å². The molecule has 3 aromatic rings. The van der Waals surface area contributed by atoms with Crippen molar-refractivity contribution < 1.29 is 18.3 Å². The second-order valence-corrected chi connectivity index (χ2v) is 6.77. The van der Waals surface area contributed by atoms with E-state index < -0.39 is 17.9 Å². The Bertz CT molecular complexity index is 965. The summed E-state index contributed by atoms with van der Waals surface area (Å²) < 4.78 is 33.0. The van der Waals surface area contributed by atoms with E-state index in [0.717, 1.165) is 10.1 Å². The van der Waals surface area contributed by atoms with Gasteiger partial charge in [0.05, 0.1) is 16.4 Å². The molecule has 1 aliphatic carbocycles. The van der Waals surface area contributed by atoms with Crippen molar-refractivity contribution in [1.29, 1.82) is 0 Å². The van der Waals surface area contributed by atoms with Crippen LogP contribution in [0.1, 0.15) is 30.8 Å². The lowest BCUT2D eigenvalue weighted by Crippen LogP contribution is -2.23. The van der Waals surface area contributed by atoms with E-state index in [4.69, 9.17) is 16.3 Å². The van der Waals surface area contributed by atoms with Crippen molar-refractivity contribution in [3.05, 3.63) is 64.9 Å². The molecule has 7 heteroatoms. The van der Waals surface area contributed by atoms with E-state index in [0.29, 0.717) is 28.9 Å². The van der Waals surface area contributed by atoms with E-state index in [1.54, 1.807) is 48.5 Å². The van der Waals surface area contributed by atoms with Gasteiger partial charge in [-0.2, -0.15) is 8.78 Å². The van der Waals surface area contributed by atoms with Gasteiger partial charge in [0.25, 0.3) is 0 Å². The maximum Gasteiger partial charge on any atom is 0.320 e. The molecular formula is C19H15ClF2N2O2. The normalized spacial score (nSPS) is 15.4. The Morgan fingerprint density at radius 3 is 2.54 bits per heavy atom. The van der Waals surface area contributed by atoms with Crippen LogP contribution in [0.15, 0.2) is 48.5 Å². The molecule has 4 rings (SSSR count). The number of hydrogen-bond donors (Lipinski definition) is 0. The first-order chi connectivity index (χ1) is 12.5. The van der Waals surface area contributed by atoms with Crippen molar-refractivity contribution >= 4 is 28.6 Å². The Hall–Kier alpha value is -2.47. The lowest BCUT2D eigenvalue weighted by atomic mass is 9.96. The molecule has 0 unspecified atom stereocenters. The molecule has 0 spiro atoms. The van der Waals surface area contributed by atoms with E-state index in [2.05, 4.69) is 4.98 Å². The highest BCUT2D eigenvalue weighted by atomic mass is 35.5. The summed E-state index contributed by atoms with van der Waals surface area (Å²) in [6, 6.07) is 13.6. The molecule has 0 saturated heterocycles. The molecule has 0 radical (unpaired) electrons. The van der Waals surface area contributed by atoms with Gasteiger partial charge in [0.2, 0.25) is 0 Å². The minimum atomic E-state index is -2.76. The average Bonchev–Trinajstić information content (AvgIpc) is 3.35. The van der Waals surface area contributed by atoms with Crippen LogP contribution in [0.25, 0.3) is 11.0 Å². The lowest BCUT2D eigenvalue weighted by molar-refractivity contribution is -0.148. The van der Waals surface area contributed by atoms with Gasteiger partial charge in [-0.25, -0.2) is 4.98 Å². The van der Waals surface area contributed by atoms with Crippen LogP contribution in [-0.2, 0) is 21.6 Å². The molecule has 2 aromatic carbocycles. The summed E-state index contributed by atoms with van der Waals surface area (Å²) in [4.78, 5) is 16.8. The van der Waals surface area contributed by atoms with Gasteiger partial charge in [-0.1, -0.05) is 35.9 Å². The highest BCUT2D eigenvalue weighted by molar-refractivity contribution is 6.30. The minimum Gasteiger partial charge on any atom is -0.457 e. The number of hydrogen-bond acceptors (Lipinski definition) is 3. The van der Waals surface area contributed by atoms with Gasteiger partial charge in [-0.05, 0) is 42.7 Å². The molecule has 0 amide bonds. The SMILES string of the molecule is O=C(OCc1nc2ccccc2n1C(F)F)C1(c2ccc(Cl)cc2)CC1. The number of para-hydroxylation sites is 2. The molecule has 1 saturated carbocycles. The van der Waals surface area contributed by atoms with Crippen molar-refractivity contribution in [2.45, 2.75) is 31.4 Å². The number of halogens is 3. The fraction of sp³-hybridized carbons (Fsp3) is 0.263. The average molecular weight is 377 g/mol. The lowest BCUT2D eigenvalue weighted by Gasteiger charge is -2.15. The molecule has 26 heavy (non-hydrogen) atoms. The van der Waals surface area contributed by atoms with E-state index in [9.17, 15) is 13.6 Å². The molecule has 1 aliphatic rings. The van der Waals surface area contributed by atoms with Crippen LogP contribution in [0.5, 0.6) is 0 Å². The van der Waals surface area contributed by atoms with Crippen molar-refractivity contribution in [1.82, 2.24) is 9.55 Å². The van der Waals surface area contributed by atoms with Gasteiger partial charge in [-0.3, -0.25) is 9.36 Å². The molecule has 0 atom stereocenters. The standard InChI is InChI=1S/C19H15ClF2N2O2/c20-13-7-5-12(6-8-13)19(9-10-19)17(25)26-11-16-23-14-3-1-2-4-15(14)24(16)18(21)22/h1-8,18H,9-11H2. The number of rotatable bonds is 5. The van der Waals surface area contributed by atoms with Crippen LogP contribution < -0.4 is 0 Å². The summed E-state index contributed by atoms with van der Waals surface area (Å²) in [5, 5.41) is 0.587. The number of benzene rings is 2. The van der Waals surface area contributed by atoms with E-state index in [-0.39, 0.29) is 12.4 Å². The summed E-state index contributed by atoms with van der Waals surface area (Å²) in [6.07, 6.45) is 1.33. The van der Waals surface area contributed by atoms with Crippen LogP contribution in [0.4, 0.5) is 8.78 Å². The highest BCUT2D eigenvalue weighted by Crippen LogP contribution is 2.49. The smallest absolute Gasteiger partial charge is 0.320 e. The van der Waals surface area contributed by atoms with Gasteiger partial charge >= 0.3 is 12.5 Å². The molecule has 0 aliphatic heterocycles. The van der Waals surface area contributed by atoms with E-state index in [1.807, 2.05) is 0 Å². The third-order valence-corrected chi connectivity index (χ3v) is 4.99. The second-order valence-electron chi connectivity index (χ2n) is 6.33. The first-order valence-electron chi connectivity index (χ1n) is 8.18. The monoisotopic (exact) mass is 376 g/mol. The Balaban J connectivity index is 1.56. The summed E-state index contributed by atoms with van der Waals surface area (Å²) in [7, 11) is 0. The van der Waals surface area contributed by atoms with Gasteiger partial charge in [0.1, 0.15) is 6.61 Å². The molecule has 4 nitrogen and oxygen atoms in total. The number of ether oxygens (including phenoxy) is 1. The number of carbonyl (C=O) groups excluding carboxylic acids is 1.